The first-order valence-electron chi connectivity index (χ1n) is 10.6. The quantitative estimate of drug-likeness (QED) is 0.287. The van der Waals surface area contributed by atoms with Gasteiger partial charge in [-0.15, -0.1) is 0 Å². The average Bonchev–Trinajstić information content (AvgIpc) is 2.77. The molecule has 0 spiro atoms. The van der Waals surface area contributed by atoms with Crippen LogP contribution < -0.4 is 20.7 Å². The highest BCUT2D eigenvalue weighted by Crippen LogP contribution is 2.34. The minimum Gasteiger partial charge on any atom is -0.489 e. The Bertz CT molecular complexity index is 1260. The van der Waals surface area contributed by atoms with Crippen molar-refractivity contribution in [2.75, 3.05) is 23.8 Å². The number of amides is 2. The maximum absolute atomic E-state index is 14.3. The van der Waals surface area contributed by atoms with Gasteiger partial charge in [-0.25, -0.2) is 19.2 Å². The predicted molar refractivity (Wildman–Crippen MR) is 133 cm³/mol. The van der Waals surface area contributed by atoms with Crippen LogP contribution in [0.15, 0.2) is 49.3 Å². The Labute approximate surface area is 206 Å². The number of ether oxygens (including phenoxy) is 2. The smallest absolute Gasteiger partial charge is 0.407 e. The van der Waals surface area contributed by atoms with Crippen LogP contribution in [0.25, 0.3) is 10.9 Å². The lowest BCUT2D eigenvalue weighted by atomic mass is 10.1. The highest BCUT2D eigenvalue weighted by Gasteiger charge is 2.17. The molecule has 0 saturated heterocycles. The Morgan fingerprint density at radius 2 is 1.94 bits per heavy atom. The maximum Gasteiger partial charge on any atom is 0.407 e. The lowest BCUT2D eigenvalue weighted by molar-refractivity contribution is -0.111. The fourth-order valence-electron chi connectivity index (χ4n) is 2.93. The molecule has 0 saturated carbocycles. The van der Waals surface area contributed by atoms with Gasteiger partial charge in [-0.05, 0) is 51.1 Å². The molecule has 0 aliphatic carbocycles. The van der Waals surface area contributed by atoms with Gasteiger partial charge in [0.2, 0.25) is 5.91 Å². The van der Waals surface area contributed by atoms with Crippen LogP contribution in [0.1, 0.15) is 20.8 Å². The average molecular weight is 502 g/mol. The molecule has 0 fully saturated rings. The molecular weight excluding hydrogens is 477 g/mol. The molecule has 1 aromatic heterocycles. The number of halogens is 2. The molecule has 3 rings (SSSR count). The third-order valence-electron chi connectivity index (χ3n) is 4.39. The molecule has 3 N–H and O–H groups in total. The molecule has 3 aromatic rings. The van der Waals surface area contributed by atoms with Crippen LogP contribution in [0.2, 0.25) is 5.02 Å². The van der Waals surface area contributed by atoms with E-state index in [1.165, 1.54) is 18.5 Å². The van der Waals surface area contributed by atoms with Gasteiger partial charge in [0.1, 0.15) is 35.9 Å². The predicted octanol–water partition coefficient (Wildman–Crippen LogP) is 5.19. The van der Waals surface area contributed by atoms with E-state index >= 15 is 0 Å². The van der Waals surface area contributed by atoms with E-state index in [1.54, 1.807) is 39.0 Å². The Morgan fingerprint density at radius 3 is 2.63 bits per heavy atom. The number of carbonyl (C=O) groups is 2. The van der Waals surface area contributed by atoms with Crippen LogP contribution in [-0.2, 0) is 9.53 Å². The van der Waals surface area contributed by atoms with Crippen LogP contribution in [0.5, 0.6) is 5.75 Å². The summed E-state index contributed by atoms with van der Waals surface area (Å²) >= 11 is 5.83. The van der Waals surface area contributed by atoms with E-state index in [0.717, 1.165) is 6.08 Å². The number of aromatic nitrogens is 2. The molecule has 0 atom stereocenters. The van der Waals surface area contributed by atoms with Crippen LogP contribution in [0, 0.1) is 5.82 Å². The number of rotatable bonds is 8. The Morgan fingerprint density at radius 1 is 1.17 bits per heavy atom. The van der Waals surface area contributed by atoms with E-state index in [0.29, 0.717) is 28.2 Å². The molecule has 0 bridgehead atoms. The summed E-state index contributed by atoms with van der Waals surface area (Å²) < 4.78 is 25.3. The normalized spacial score (nSPS) is 11.0. The number of benzene rings is 2. The molecule has 0 aliphatic rings. The summed E-state index contributed by atoms with van der Waals surface area (Å²) in [6, 6.07) is 7.42. The Hall–Kier alpha value is -3.92. The van der Waals surface area contributed by atoms with Gasteiger partial charge in [0.25, 0.3) is 0 Å². The van der Waals surface area contributed by atoms with Gasteiger partial charge in [-0.3, -0.25) is 4.79 Å². The van der Waals surface area contributed by atoms with E-state index in [9.17, 15) is 14.0 Å². The van der Waals surface area contributed by atoms with E-state index in [4.69, 9.17) is 21.1 Å². The first-order chi connectivity index (χ1) is 16.6. The molecule has 184 valence electrons. The van der Waals surface area contributed by atoms with Gasteiger partial charge < -0.3 is 25.4 Å². The zero-order valence-corrected chi connectivity index (χ0v) is 20.2. The van der Waals surface area contributed by atoms with E-state index in [2.05, 4.69) is 32.5 Å². The lowest BCUT2D eigenvalue weighted by Gasteiger charge is -2.20. The van der Waals surface area contributed by atoms with Crippen molar-refractivity contribution in [2.24, 2.45) is 0 Å². The molecule has 2 amide bonds. The minimum atomic E-state index is -0.619. The lowest BCUT2D eigenvalue weighted by Crippen LogP contribution is -2.34. The summed E-state index contributed by atoms with van der Waals surface area (Å²) in [5.41, 5.74) is 0.337. The van der Waals surface area contributed by atoms with Crippen molar-refractivity contribution in [1.29, 1.82) is 0 Å². The number of alkyl carbamates (subject to hydrolysis) is 1. The van der Waals surface area contributed by atoms with Gasteiger partial charge >= 0.3 is 6.09 Å². The number of hydrogen-bond acceptors (Lipinski definition) is 7. The largest absolute Gasteiger partial charge is 0.489 e. The monoisotopic (exact) mass is 501 g/mol. The zero-order chi connectivity index (χ0) is 25.6. The van der Waals surface area contributed by atoms with Crippen molar-refractivity contribution in [1.82, 2.24) is 15.3 Å². The summed E-state index contributed by atoms with van der Waals surface area (Å²) in [6.45, 7) is 9.00. The van der Waals surface area contributed by atoms with Crippen molar-refractivity contribution in [3.8, 4) is 5.75 Å². The number of hydrogen-bond donors (Lipinski definition) is 3. The molecule has 35 heavy (non-hydrogen) atoms. The van der Waals surface area contributed by atoms with Gasteiger partial charge in [0.05, 0.1) is 23.4 Å². The molecule has 0 aliphatic heterocycles. The topological polar surface area (TPSA) is 114 Å². The van der Waals surface area contributed by atoms with Crippen LogP contribution in [0.3, 0.4) is 0 Å². The molecule has 0 radical (unpaired) electrons. The van der Waals surface area contributed by atoms with Gasteiger partial charge in [0.15, 0.2) is 0 Å². The van der Waals surface area contributed by atoms with Crippen LogP contribution >= 0.6 is 11.6 Å². The fraction of sp³-hybridized carbons (Fsp3) is 0.250. The molecule has 1 heterocycles. The van der Waals surface area contributed by atoms with Gasteiger partial charge in [-0.2, -0.15) is 0 Å². The number of nitrogens with one attached hydrogen (secondary N) is 3. The van der Waals surface area contributed by atoms with Crippen molar-refractivity contribution >= 4 is 51.7 Å². The molecule has 2 aromatic carbocycles. The maximum atomic E-state index is 14.3. The summed E-state index contributed by atoms with van der Waals surface area (Å²) in [6.07, 6.45) is 1.86. The minimum absolute atomic E-state index is 0.0912. The first-order valence-corrected chi connectivity index (χ1v) is 11.0. The van der Waals surface area contributed by atoms with Crippen LogP contribution in [0.4, 0.5) is 26.4 Å². The van der Waals surface area contributed by atoms with Crippen molar-refractivity contribution in [3.63, 3.8) is 0 Å². The first kappa shape index (κ1) is 25.7. The number of anilines is 3. The van der Waals surface area contributed by atoms with E-state index in [1.807, 2.05) is 0 Å². The number of fused-ring (bicyclic) bond motifs is 1. The summed E-state index contributed by atoms with van der Waals surface area (Å²) in [5, 5.41) is 8.95. The van der Waals surface area contributed by atoms with Crippen molar-refractivity contribution < 1.29 is 23.5 Å². The number of carbonyl (C=O) groups excluding carboxylic acids is 2. The van der Waals surface area contributed by atoms with E-state index in [-0.39, 0.29) is 23.9 Å². The number of nitrogens with zero attached hydrogens (tertiary/aromatic N) is 2. The standard InChI is InChI=1S/C24H25ClFN5O4/c1-5-21(32)30-19-11-15-18(12-20(19)34-9-8-27-23(33)35-24(2,3)4)28-13-29-22(15)31-17-7-6-14(25)10-16(17)26/h5-7,10-13H,1,8-9H2,2-4H3,(H,27,33)(H,30,32)(H,28,29,31). The third-order valence-corrected chi connectivity index (χ3v) is 4.63. The third kappa shape index (κ3) is 7.28. The second-order valence-corrected chi connectivity index (χ2v) is 8.74. The molecule has 0 unspecified atom stereocenters. The molecular formula is C24H25ClFN5O4. The highest BCUT2D eigenvalue weighted by atomic mass is 35.5. The molecule has 11 heteroatoms. The second-order valence-electron chi connectivity index (χ2n) is 8.31. The Kier molecular flexibility index (Phi) is 8.08. The second kappa shape index (κ2) is 11.0. The summed E-state index contributed by atoms with van der Waals surface area (Å²) in [7, 11) is 0. The van der Waals surface area contributed by atoms with Crippen molar-refractivity contribution in [2.45, 2.75) is 26.4 Å². The van der Waals surface area contributed by atoms with Crippen LogP contribution in [-0.4, -0.2) is 40.7 Å². The van der Waals surface area contributed by atoms with Gasteiger partial charge in [-0.1, -0.05) is 18.2 Å². The summed E-state index contributed by atoms with van der Waals surface area (Å²) in [4.78, 5) is 32.3. The van der Waals surface area contributed by atoms with Gasteiger partial charge in [0, 0.05) is 16.5 Å². The summed E-state index contributed by atoms with van der Waals surface area (Å²) in [5.74, 6) is -0.400. The SMILES string of the molecule is C=CC(=O)Nc1cc2c(Nc3ccc(Cl)cc3F)ncnc2cc1OCCNC(=O)OC(C)(C)C. The van der Waals surface area contributed by atoms with E-state index < -0.39 is 23.4 Å². The zero-order valence-electron chi connectivity index (χ0n) is 19.4. The van der Waals surface area contributed by atoms with Crippen molar-refractivity contribution in [3.05, 3.63) is 60.2 Å². The fourth-order valence-corrected chi connectivity index (χ4v) is 3.09. The molecule has 9 nitrogen and oxygen atoms in total. The highest BCUT2D eigenvalue weighted by molar-refractivity contribution is 6.30. The Balaban J connectivity index is 1.85.